The fourth-order valence-electron chi connectivity index (χ4n) is 1.38. The van der Waals surface area contributed by atoms with Gasteiger partial charge < -0.3 is 0 Å². The lowest BCUT2D eigenvalue weighted by atomic mass is 10.2. The fourth-order valence-corrected chi connectivity index (χ4v) is 2.74. The summed E-state index contributed by atoms with van der Waals surface area (Å²) < 4.78 is 62.7. The van der Waals surface area contributed by atoms with Crippen LogP contribution in [0.15, 0.2) is 24.3 Å². The Labute approximate surface area is 114 Å². The number of hydrogen-bond acceptors (Lipinski definition) is 2. The predicted octanol–water partition coefficient (Wildman–Crippen LogP) is 3.47. The Bertz CT molecular complexity index is 517. The number of unbranched alkanes of at least 4 members (excludes halogenated alkanes) is 1. The number of sulfonamides is 1. The molecule has 8 heteroatoms. The van der Waals surface area contributed by atoms with Crippen LogP contribution in [0.1, 0.15) is 18.4 Å². The van der Waals surface area contributed by atoms with Gasteiger partial charge in [-0.15, -0.1) is 11.6 Å². The number of hydrogen-bond donors (Lipinski definition) is 1. The van der Waals surface area contributed by atoms with Crippen molar-refractivity contribution in [2.45, 2.75) is 19.0 Å². The van der Waals surface area contributed by atoms with Crippen LogP contribution in [0.3, 0.4) is 0 Å². The zero-order chi connectivity index (χ0) is 14.5. The topological polar surface area (TPSA) is 46.2 Å². The molecule has 0 bridgehead atoms. The van der Waals surface area contributed by atoms with Gasteiger partial charge in [0.1, 0.15) is 0 Å². The number of alkyl halides is 4. The average molecular weight is 316 g/mol. The standard InChI is InChI=1S/C11H13ClF3NO2S/c12-6-1-2-7-19(17,18)16-10-5-3-4-9(8-10)11(13,14)15/h3-5,8,16H,1-2,6-7H2. The zero-order valence-electron chi connectivity index (χ0n) is 9.87. The largest absolute Gasteiger partial charge is 0.416 e. The molecule has 0 atom stereocenters. The SMILES string of the molecule is O=S(=O)(CCCCCl)Nc1cccc(C(F)(F)F)c1. The summed E-state index contributed by atoms with van der Waals surface area (Å²) in [5.41, 5.74) is -0.992. The monoisotopic (exact) mass is 315 g/mol. The molecular weight excluding hydrogens is 303 g/mol. The van der Waals surface area contributed by atoms with E-state index in [2.05, 4.69) is 4.72 Å². The molecule has 1 aromatic rings. The van der Waals surface area contributed by atoms with E-state index in [9.17, 15) is 21.6 Å². The van der Waals surface area contributed by atoms with Gasteiger partial charge in [-0.25, -0.2) is 8.42 Å². The van der Waals surface area contributed by atoms with Crippen molar-refractivity contribution in [3.8, 4) is 0 Å². The summed E-state index contributed by atoms with van der Waals surface area (Å²) in [4.78, 5) is 0. The molecule has 0 aliphatic heterocycles. The van der Waals surface area contributed by atoms with Crippen LogP contribution in [-0.4, -0.2) is 20.1 Å². The van der Waals surface area contributed by atoms with E-state index in [1.807, 2.05) is 0 Å². The second-order valence-electron chi connectivity index (χ2n) is 3.90. The minimum absolute atomic E-state index is 0.0966. The van der Waals surface area contributed by atoms with Gasteiger partial charge in [-0.05, 0) is 31.0 Å². The Morgan fingerprint density at radius 1 is 1.21 bits per heavy atom. The molecule has 1 aromatic carbocycles. The molecule has 0 saturated carbocycles. The maximum atomic E-state index is 12.5. The number of anilines is 1. The summed E-state index contributed by atoms with van der Waals surface area (Å²) in [6.45, 7) is 0. The maximum absolute atomic E-state index is 12.5. The molecule has 1 N–H and O–H groups in total. The van der Waals surface area contributed by atoms with Crippen molar-refractivity contribution in [1.29, 1.82) is 0 Å². The highest BCUT2D eigenvalue weighted by atomic mass is 35.5. The van der Waals surface area contributed by atoms with Crippen molar-refractivity contribution in [3.63, 3.8) is 0 Å². The van der Waals surface area contributed by atoms with Crippen molar-refractivity contribution in [1.82, 2.24) is 0 Å². The molecule has 0 aliphatic carbocycles. The summed E-state index contributed by atoms with van der Waals surface area (Å²) in [5, 5.41) is 0. The number of rotatable bonds is 6. The second kappa shape index (κ2) is 6.47. The van der Waals surface area contributed by atoms with Gasteiger partial charge in [0, 0.05) is 11.6 Å². The van der Waals surface area contributed by atoms with Gasteiger partial charge in [-0.1, -0.05) is 6.07 Å². The molecule has 0 radical (unpaired) electrons. The van der Waals surface area contributed by atoms with Crippen LogP contribution in [0, 0.1) is 0 Å². The van der Waals surface area contributed by atoms with Gasteiger partial charge in [0.15, 0.2) is 0 Å². The van der Waals surface area contributed by atoms with Crippen molar-refractivity contribution < 1.29 is 21.6 Å². The summed E-state index contributed by atoms with van der Waals surface area (Å²) in [6.07, 6.45) is -3.61. The minimum atomic E-state index is -4.50. The third-order valence-electron chi connectivity index (χ3n) is 2.26. The molecule has 0 spiro atoms. The molecular formula is C11H13ClF3NO2S. The number of halogens is 4. The molecule has 0 heterocycles. The van der Waals surface area contributed by atoms with Gasteiger partial charge in [0.25, 0.3) is 0 Å². The van der Waals surface area contributed by atoms with Crippen molar-refractivity contribution in [2.75, 3.05) is 16.4 Å². The first kappa shape index (κ1) is 16.1. The Kier molecular flexibility index (Phi) is 5.49. The van der Waals surface area contributed by atoms with Gasteiger partial charge in [0.05, 0.1) is 11.3 Å². The minimum Gasteiger partial charge on any atom is -0.284 e. The van der Waals surface area contributed by atoms with E-state index in [1.165, 1.54) is 6.07 Å². The first-order valence-corrected chi connectivity index (χ1v) is 7.67. The Morgan fingerprint density at radius 2 is 1.89 bits per heavy atom. The Balaban J connectivity index is 2.77. The fraction of sp³-hybridized carbons (Fsp3) is 0.455. The van der Waals surface area contributed by atoms with Crippen molar-refractivity contribution in [2.24, 2.45) is 0 Å². The highest BCUT2D eigenvalue weighted by molar-refractivity contribution is 7.92. The molecule has 0 amide bonds. The summed E-state index contributed by atoms with van der Waals surface area (Å²) in [6, 6.07) is 4.07. The number of benzene rings is 1. The third kappa shape index (κ3) is 5.69. The van der Waals surface area contributed by atoms with E-state index in [-0.39, 0.29) is 11.4 Å². The molecule has 0 fully saturated rings. The first-order chi connectivity index (χ1) is 8.74. The molecule has 0 aliphatic rings. The van der Waals surface area contributed by atoms with Gasteiger partial charge in [-0.2, -0.15) is 13.2 Å². The molecule has 0 saturated heterocycles. The van der Waals surface area contributed by atoms with E-state index < -0.39 is 21.8 Å². The third-order valence-corrected chi connectivity index (χ3v) is 3.90. The average Bonchev–Trinajstić information content (AvgIpc) is 2.27. The van der Waals surface area contributed by atoms with Gasteiger partial charge >= 0.3 is 6.18 Å². The maximum Gasteiger partial charge on any atom is 0.416 e. The van der Waals surface area contributed by atoms with Crippen LogP contribution in [0.2, 0.25) is 0 Å². The molecule has 0 aromatic heterocycles. The van der Waals surface area contributed by atoms with Crippen LogP contribution in [0.4, 0.5) is 18.9 Å². The van der Waals surface area contributed by atoms with Gasteiger partial charge in [-0.3, -0.25) is 4.72 Å². The van der Waals surface area contributed by atoms with E-state index in [0.29, 0.717) is 18.7 Å². The van der Waals surface area contributed by atoms with Crippen LogP contribution in [0.5, 0.6) is 0 Å². The van der Waals surface area contributed by atoms with Crippen LogP contribution in [-0.2, 0) is 16.2 Å². The van der Waals surface area contributed by atoms with Gasteiger partial charge in [0.2, 0.25) is 10.0 Å². The molecule has 19 heavy (non-hydrogen) atoms. The van der Waals surface area contributed by atoms with Crippen LogP contribution < -0.4 is 4.72 Å². The lowest BCUT2D eigenvalue weighted by Gasteiger charge is -2.11. The number of nitrogens with one attached hydrogen (secondary N) is 1. The Morgan fingerprint density at radius 3 is 2.47 bits per heavy atom. The predicted molar refractivity (Wildman–Crippen MR) is 68.8 cm³/mol. The van der Waals surface area contributed by atoms with Crippen LogP contribution >= 0.6 is 11.6 Å². The lowest BCUT2D eigenvalue weighted by Crippen LogP contribution is -2.17. The highest BCUT2D eigenvalue weighted by Gasteiger charge is 2.30. The highest BCUT2D eigenvalue weighted by Crippen LogP contribution is 2.30. The van der Waals surface area contributed by atoms with Crippen molar-refractivity contribution >= 4 is 27.3 Å². The molecule has 108 valence electrons. The van der Waals surface area contributed by atoms with E-state index >= 15 is 0 Å². The second-order valence-corrected chi connectivity index (χ2v) is 6.12. The normalized spacial score (nSPS) is 12.4. The lowest BCUT2D eigenvalue weighted by molar-refractivity contribution is -0.137. The van der Waals surface area contributed by atoms with E-state index in [1.54, 1.807) is 0 Å². The quantitative estimate of drug-likeness (QED) is 0.645. The molecule has 3 nitrogen and oxygen atoms in total. The van der Waals surface area contributed by atoms with Crippen LogP contribution in [0.25, 0.3) is 0 Å². The summed E-state index contributed by atoms with van der Waals surface area (Å²) >= 11 is 5.42. The van der Waals surface area contributed by atoms with E-state index in [4.69, 9.17) is 11.6 Å². The molecule has 1 rings (SSSR count). The molecule has 0 unspecified atom stereocenters. The van der Waals surface area contributed by atoms with Crippen molar-refractivity contribution in [3.05, 3.63) is 29.8 Å². The summed E-state index contributed by atoms with van der Waals surface area (Å²) in [7, 11) is -3.65. The summed E-state index contributed by atoms with van der Waals surface area (Å²) in [5.74, 6) is 0.176. The van der Waals surface area contributed by atoms with E-state index in [0.717, 1.165) is 18.2 Å². The zero-order valence-corrected chi connectivity index (χ0v) is 11.4. The first-order valence-electron chi connectivity index (χ1n) is 5.48. The smallest absolute Gasteiger partial charge is 0.284 e. The Hall–Kier alpha value is -0.950.